The van der Waals surface area contributed by atoms with E-state index in [4.69, 9.17) is 2.74 Å². The first-order chi connectivity index (χ1) is 7.25. The molecule has 0 radical (unpaired) electrons. The van der Waals surface area contributed by atoms with Crippen LogP contribution in [0.1, 0.15) is 41.7 Å². The molecule has 0 N–H and O–H groups in total. The van der Waals surface area contributed by atoms with Gasteiger partial charge in [-0.25, -0.2) is 0 Å². The SMILES string of the molecule is [2H]C([2H])(c1cn(CC(C)C)nc1C)C(C)C. The number of hydrogen-bond acceptors (Lipinski definition) is 1. The van der Waals surface area contributed by atoms with Gasteiger partial charge in [-0.1, -0.05) is 27.7 Å². The van der Waals surface area contributed by atoms with E-state index in [0.717, 1.165) is 17.8 Å². The van der Waals surface area contributed by atoms with E-state index in [1.807, 2.05) is 31.6 Å². The van der Waals surface area contributed by atoms with Crippen LogP contribution in [0.3, 0.4) is 0 Å². The molecule has 0 aromatic carbocycles. The largest absolute Gasteiger partial charge is 0.272 e. The number of aryl methyl sites for hydroxylation is 1. The normalized spacial score (nSPS) is 14.8. The van der Waals surface area contributed by atoms with Crippen molar-refractivity contribution in [1.29, 1.82) is 0 Å². The van der Waals surface area contributed by atoms with Crippen molar-refractivity contribution in [3.63, 3.8) is 0 Å². The van der Waals surface area contributed by atoms with Crippen LogP contribution < -0.4 is 0 Å². The minimum absolute atomic E-state index is 0.0390. The average molecular weight is 196 g/mol. The summed E-state index contributed by atoms with van der Waals surface area (Å²) in [5.74, 6) is 0.486. The molecule has 0 spiro atoms. The van der Waals surface area contributed by atoms with Crippen LogP contribution in [0, 0.1) is 18.8 Å². The highest BCUT2D eigenvalue weighted by molar-refractivity contribution is 5.15. The van der Waals surface area contributed by atoms with E-state index in [0.29, 0.717) is 5.92 Å². The lowest BCUT2D eigenvalue weighted by molar-refractivity contribution is 0.481. The van der Waals surface area contributed by atoms with Crippen molar-refractivity contribution in [3.8, 4) is 0 Å². The predicted molar refractivity (Wildman–Crippen MR) is 60.3 cm³/mol. The maximum Gasteiger partial charge on any atom is 0.0625 e. The van der Waals surface area contributed by atoms with Crippen molar-refractivity contribution in [1.82, 2.24) is 9.78 Å². The van der Waals surface area contributed by atoms with Crippen LogP contribution in [-0.2, 0) is 12.9 Å². The summed E-state index contributed by atoms with van der Waals surface area (Å²) in [6.07, 6.45) is 0.564. The molecule has 1 aromatic rings. The molecular formula is C12H22N2. The first kappa shape index (κ1) is 8.51. The summed E-state index contributed by atoms with van der Waals surface area (Å²) >= 11 is 0. The molecule has 2 nitrogen and oxygen atoms in total. The molecule has 2 heteroatoms. The van der Waals surface area contributed by atoms with Gasteiger partial charge in [0, 0.05) is 15.5 Å². The van der Waals surface area contributed by atoms with Crippen LogP contribution in [0.15, 0.2) is 6.20 Å². The number of nitrogens with zero attached hydrogens (tertiary/aromatic N) is 2. The Hall–Kier alpha value is -0.790. The third kappa shape index (κ3) is 3.17. The van der Waals surface area contributed by atoms with E-state index in [1.54, 1.807) is 0 Å². The summed E-state index contributed by atoms with van der Waals surface area (Å²) in [6.45, 7) is 10.8. The maximum absolute atomic E-state index is 8.07. The molecule has 0 bridgehead atoms. The lowest BCUT2D eigenvalue weighted by atomic mass is 10.0. The summed E-state index contributed by atoms with van der Waals surface area (Å²) in [7, 11) is 0. The number of aromatic nitrogens is 2. The molecule has 80 valence electrons. The molecule has 1 heterocycles. The van der Waals surface area contributed by atoms with E-state index in [1.165, 1.54) is 0 Å². The lowest BCUT2D eigenvalue weighted by Gasteiger charge is -2.03. The van der Waals surface area contributed by atoms with Gasteiger partial charge in [0.2, 0.25) is 0 Å². The summed E-state index contributed by atoms with van der Waals surface area (Å²) in [5.41, 5.74) is 1.53. The summed E-state index contributed by atoms with van der Waals surface area (Å²) in [4.78, 5) is 0. The van der Waals surface area contributed by atoms with Crippen LogP contribution >= 0.6 is 0 Å². The molecule has 14 heavy (non-hydrogen) atoms. The second-order valence-corrected chi connectivity index (χ2v) is 4.54. The molecule has 0 atom stereocenters. The van der Waals surface area contributed by atoms with Gasteiger partial charge in [-0.15, -0.1) is 0 Å². The third-order valence-corrected chi connectivity index (χ3v) is 1.94. The first-order valence-electron chi connectivity index (χ1n) is 6.29. The van der Waals surface area contributed by atoms with Gasteiger partial charge in [0.1, 0.15) is 0 Å². The second kappa shape index (κ2) is 4.63. The summed E-state index contributed by atoms with van der Waals surface area (Å²) in [5, 5.41) is 4.38. The summed E-state index contributed by atoms with van der Waals surface area (Å²) < 4.78 is 18.0. The fourth-order valence-electron chi connectivity index (χ4n) is 1.44. The Morgan fingerprint density at radius 2 is 2.00 bits per heavy atom. The van der Waals surface area contributed by atoms with E-state index >= 15 is 0 Å². The highest BCUT2D eigenvalue weighted by Gasteiger charge is 2.07. The second-order valence-electron chi connectivity index (χ2n) is 4.54. The molecule has 0 fully saturated rings. The topological polar surface area (TPSA) is 17.8 Å². The van der Waals surface area contributed by atoms with Gasteiger partial charge < -0.3 is 0 Å². The van der Waals surface area contributed by atoms with Gasteiger partial charge in [0.15, 0.2) is 0 Å². The highest BCUT2D eigenvalue weighted by atomic mass is 15.3. The Morgan fingerprint density at radius 3 is 2.50 bits per heavy atom. The Bertz CT molecular complexity index is 354. The van der Waals surface area contributed by atoms with E-state index in [2.05, 4.69) is 18.9 Å². The van der Waals surface area contributed by atoms with Crippen molar-refractivity contribution in [2.75, 3.05) is 0 Å². The standard InChI is InChI=1S/C12H22N2/c1-9(2)6-12-8-14(7-10(3)4)13-11(12)5/h8-10H,6-7H2,1-5H3/i6D2. The van der Waals surface area contributed by atoms with E-state index in [9.17, 15) is 0 Å². The van der Waals surface area contributed by atoms with Gasteiger partial charge in [-0.3, -0.25) is 4.68 Å². The minimum Gasteiger partial charge on any atom is -0.272 e. The van der Waals surface area contributed by atoms with Crippen LogP contribution in [0.2, 0.25) is 0 Å². The molecule has 0 aliphatic heterocycles. The zero-order valence-corrected chi connectivity index (χ0v) is 9.83. The van der Waals surface area contributed by atoms with Gasteiger partial charge in [0.25, 0.3) is 0 Å². The Labute approximate surface area is 90.1 Å². The molecule has 1 rings (SSSR count). The Balaban J connectivity index is 3.02. The molecule has 0 saturated carbocycles. The monoisotopic (exact) mass is 196 g/mol. The zero-order valence-electron chi connectivity index (χ0n) is 11.8. The fraction of sp³-hybridized carbons (Fsp3) is 0.750. The average Bonchev–Trinajstić information content (AvgIpc) is 2.45. The predicted octanol–water partition coefficient (Wildman–Crippen LogP) is 3.05. The maximum atomic E-state index is 8.07. The van der Waals surface area contributed by atoms with Gasteiger partial charge in [-0.05, 0) is 30.7 Å². The lowest BCUT2D eigenvalue weighted by Crippen LogP contribution is -2.04. The van der Waals surface area contributed by atoms with E-state index in [-0.39, 0.29) is 5.92 Å². The first-order valence-corrected chi connectivity index (χ1v) is 5.29. The van der Waals surface area contributed by atoms with Gasteiger partial charge in [-0.2, -0.15) is 5.10 Å². The molecule has 0 saturated heterocycles. The quantitative estimate of drug-likeness (QED) is 0.723. The Morgan fingerprint density at radius 1 is 1.36 bits per heavy atom. The van der Waals surface area contributed by atoms with Crippen molar-refractivity contribution in [2.24, 2.45) is 11.8 Å². The molecule has 1 aromatic heterocycles. The molecule has 0 aliphatic rings. The molecule has 0 aliphatic carbocycles. The number of hydrogen-bond donors (Lipinski definition) is 0. The van der Waals surface area contributed by atoms with Gasteiger partial charge in [0.05, 0.1) is 5.69 Å². The smallest absolute Gasteiger partial charge is 0.0625 e. The van der Waals surface area contributed by atoms with Crippen molar-refractivity contribution < 1.29 is 2.74 Å². The molecular weight excluding hydrogens is 172 g/mol. The Kier molecular flexibility index (Phi) is 2.81. The zero-order chi connectivity index (χ0) is 12.5. The third-order valence-electron chi connectivity index (χ3n) is 1.94. The minimum atomic E-state index is -1.29. The summed E-state index contributed by atoms with van der Waals surface area (Å²) in [6, 6.07) is 0. The molecule has 0 amide bonds. The molecule has 0 unspecified atom stereocenters. The van der Waals surface area contributed by atoms with Crippen LogP contribution in [0.25, 0.3) is 0 Å². The van der Waals surface area contributed by atoms with Crippen LogP contribution in [0.5, 0.6) is 0 Å². The fourth-order valence-corrected chi connectivity index (χ4v) is 1.44. The highest BCUT2D eigenvalue weighted by Crippen LogP contribution is 2.12. The van der Waals surface area contributed by atoms with Crippen LogP contribution in [0.4, 0.5) is 0 Å². The van der Waals surface area contributed by atoms with Crippen LogP contribution in [-0.4, -0.2) is 9.78 Å². The number of rotatable bonds is 4. The van der Waals surface area contributed by atoms with Crippen molar-refractivity contribution in [3.05, 3.63) is 17.5 Å². The van der Waals surface area contributed by atoms with Gasteiger partial charge >= 0.3 is 0 Å². The van der Waals surface area contributed by atoms with Crippen molar-refractivity contribution >= 4 is 0 Å². The van der Waals surface area contributed by atoms with Crippen molar-refractivity contribution in [2.45, 2.75) is 47.5 Å². The van der Waals surface area contributed by atoms with E-state index < -0.39 is 6.37 Å².